The summed E-state index contributed by atoms with van der Waals surface area (Å²) in [7, 11) is 0. The third-order valence-electron chi connectivity index (χ3n) is 3.54. The van der Waals surface area contributed by atoms with Crippen LogP contribution < -0.4 is 16.2 Å². The third-order valence-corrected chi connectivity index (χ3v) is 4.62. The van der Waals surface area contributed by atoms with Gasteiger partial charge in [-0.3, -0.25) is 25.2 Å². The van der Waals surface area contributed by atoms with Crippen LogP contribution in [0.2, 0.25) is 0 Å². The zero-order valence-corrected chi connectivity index (χ0v) is 16.4. The van der Waals surface area contributed by atoms with Gasteiger partial charge in [-0.05, 0) is 45.0 Å². The number of thioether (sulfide) groups is 1. The van der Waals surface area contributed by atoms with Crippen molar-refractivity contribution < 1.29 is 14.4 Å². The van der Waals surface area contributed by atoms with Gasteiger partial charge >= 0.3 is 0 Å². The minimum absolute atomic E-state index is 0.0635. The quantitative estimate of drug-likeness (QED) is 0.527. The fraction of sp³-hybridized carbons (Fsp3) is 0.250. The second-order valence-electron chi connectivity index (χ2n) is 6.28. The highest BCUT2D eigenvalue weighted by atomic mass is 32.2. The predicted octanol–water partition coefficient (Wildman–Crippen LogP) is 2.69. The Bertz CT molecular complexity index is 819. The summed E-state index contributed by atoms with van der Waals surface area (Å²) in [6.45, 7) is 5.71. The van der Waals surface area contributed by atoms with Crippen molar-refractivity contribution in [2.75, 3.05) is 5.75 Å². The van der Waals surface area contributed by atoms with E-state index in [4.69, 9.17) is 0 Å². The Hall–Kier alpha value is -2.80. The molecule has 0 bridgehead atoms. The first-order valence-corrected chi connectivity index (χ1v) is 9.54. The molecule has 0 spiro atoms. The molecule has 0 aromatic heterocycles. The number of carbonyl (C=O) groups excluding carboxylic acids is 3. The van der Waals surface area contributed by atoms with Crippen LogP contribution in [0.3, 0.4) is 0 Å². The summed E-state index contributed by atoms with van der Waals surface area (Å²) in [4.78, 5) is 37.0. The summed E-state index contributed by atoms with van der Waals surface area (Å²) in [5, 5.41) is 2.81. The number of nitrogens with one attached hydrogen (secondary N) is 3. The Labute approximate surface area is 163 Å². The van der Waals surface area contributed by atoms with Crippen LogP contribution in [-0.4, -0.2) is 29.5 Å². The molecule has 0 radical (unpaired) electrons. The standard InChI is InChI=1S/C20H23N3O3S/c1-13(2)21-18(24)12-27-17-7-5-4-6-16(17)20(26)23-22-19(25)15-10-8-14(3)9-11-15/h4-11,13H,12H2,1-3H3,(H,21,24)(H,22,25)(H,23,26). The van der Waals surface area contributed by atoms with Gasteiger partial charge < -0.3 is 5.32 Å². The number of carbonyl (C=O) groups is 3. The van der Waals surface area contributed by atoms with Gasteiger partial charge in [-0.1, -0.05) is 29.8 Å². The monoisotopic (exact) mass is 385 g/mol. The summed E-state index contributed by atoms with van der Waals surface area (Å²) in [6, 6.07) is 14.0. The lowest BCUT2D eigenvalue weighted by molar-refractivity contribution is -0.119. The average molecular weight is 385 g/mol. The van der Waals surface area contributed by atoms with Crippen LogP contribution >= 0.6 is 11.8 Å². The van der Waals surface area contributed by atoms with E-state index >= 15 is 0 Å². The molecule has 2 aromatic rings. The highest BCUT2D eigenvalue weighted by molar-refractivity contribution is 8.00. The number of amides is 3. The zero-order chi connectivity index (χ0) is 19.8. The highest BCUT2D eigenvalue weighted by Crippen LogP contribution is 2.22. The number of rotatable bonds is 6. The van der Waals surface area contributed by atoms with Crippen LogP contribution in [0.25, 0.3) is 0 Å². The van der Waals surface area contributed by atoms with Crippen LogP contribution in [0.4, 0.5) is 0 Å². The molecule has 0 unspecified atom stereocenters. The van der Waals surface area contributed by atoms with E-state index in [1.807, 2.05) is 32.9 Å². The lowest BCUT2D eigenvalue weighted by atomic mass is 10.1. The maximum atomic E-state index is 12.4. The van der Waals surface area contributed by atoms with Crippen molar-refractivity contribution in [3.05, 3.63) is 65.2 Å². The van der Waals surface area contributed by atoms with E-state index in [2.05, 4.69) is 16.2 Å². The van der Waals surface area contributed by atoms with E-state index in [9.17, 15) is 14.4 Å². The van der Waals surface area contributed by atoms with Crippen LogP contribution in [-0.2, 0) is 4.79 Å². The smallest absolute Gasteiger partial charge is 0.270 e. The van der Waals surface area contributed by atoms with E-state index in [1.54, 1.807) is 36.4 Å². The lowest BCUT2D eigenvalue weighted by Gasteiger charge is -2.12. The van der Waals surface area contributed by atoms with Crippen LogP contribution in [0.1, 0.15) is 40.1 Å². The maximum absolute atomic E-state index is 12.4. The van der Waals surface area contributed by atoms with Crippen molar-refractivity contribution in [3.63, 3.8) is 0 Å². The molecule has 2 aromatic carbocycles. The molecule has 0 aliphatic rings. The summed E-state index contributed by atoms with van der Waals surface area (Å²) in [5.41, 5.74) is 6.72. The van der Waals surface area contributed by atoms with Gasteiger partial charge in [0.05, 0.1) is 11.3 Å². The van der Waals surface area contributed by atoms with E-state index in [1.165, 1.54) is 11.8 Å². The molecule has 0 heterocycles. The van der Waals surface area contributed by atoms with E-state index in [0.717, 1.165) is 5.56 Å². The third kappa shape index (κ3) is 6.45. The van der Waals surface area contributed by atoms with Crippen molar-refractivity contribution in [1.82, 2.24) is 16.2 Å². The fourth-order valence-corrected chi connectivity index (χ4v) is 3.11. The normalized spacial score (nSPS) is 10.4. The fourth-order valence-electron chi connectivity index (χ4n) is 2.25. The largest absolute Gasteiger partial charge is 0.353 e. The van der Waals surface area contributed by atoms with Crippen molar-refractivity contribution >= 4 is 29.5 Å². The number of hydrogen-bond donors (Lipinski definition) is 3. The first-order chi connectivity index (χ1) is 12.9. The highest BCUT2D eigenvalue weighted by Gasteiger charge is 2.14. The molecule has 0 saturated carbocycles. The minimum atomic E-state index is -0.442. The number of benzene rings is 2. The lowest BCUT2D eigenvalue weighted by Crippen LogP contribution is -2.41. The molecule has 6 nitrogen and oxygen atoms in total. The first kappa shape index (κ1) is 20.5. The summed E-state index contributed by atoms with van der Waals surface area (Å²) >= 11 is 1.27. The molecule has 0 aliphatic heterocycles. The molecule has 3 N–H and O–H groups in total. The molecular weight excluding hydrogens is 362 g/mol. The molecule has 2 rings (SSSR count). The summed E-state index contributed by atoms with van der Waals surface area (Å²) < 4.78 is 0. The van der Waals surface area contributed by atoms with Gasteiger partial charge in [0.25, 0.3) is 11.8 Å². The second-order valence-corrected chi connectivity index (χ2v) is 7.30. The van der Waals surface area contributed by atoms with Gasteiger partial charge in [0.15, 0.2) is 0 Å². The molecule has 142 valence electrons. The zero-order valence-electron chi connectivity index (χ0n) is 15.5. The van der Waals surface area contributed by atoms with Crippen molar-refractivity contribution in [1.29, 1.82) is 0 Å². The molecule has 3 amide bonds. The Balaban J connectivity index is 1.96. The summed E-state index contributed by atoms with van der Waals surface area (Å²) in [5.74, 6) is -0.733. The van der Waals surface area contributed by atoms with Crippen LogP contribution in [0.5, 0.6) is 0 Å². The topological polar surface area (TPSA) is 87.3 Å². The van der Waals surface area contributed by atoms with Gasteiger partial charge in [0.1, 0.15) is 0 Å². The van der Waals surface area contributed by atoms with Gasteiger partial charge in [0, 0.05) is 16.5 Å². The van der Waals surface area contributed by atoms with Crippen LogP contribution in [0.15, 0.2) is 53.4 Å². The number of hydrazine groups is 1. The Morgan fingerprint density at radius 1 is 0.926 bits per heavy atom. The molecule has 0 saturated heterocycles. The Morgan fingerprint density at radius 3 is 2.22 bits per heavy atom. The Kier molecular flexibility index (Phi) is 7.43. The Morgan fingerprint density at radius 2 is 1.56 bits per heavy atom. The van der Waals surface area contributed by atoms with E-state index in [-0.39, 0.29) is 17.7 Å². The molecule has 0 atom stereocenters. The molecule has 0 aliphatic carbocycles. The van der Waals surface area contributed by atoms with Crippen molar-refractivity contribution in [2.45, 2.75) is 31.7 Å². The average Bonchev–Trinajstić information content (AvgIpc) is 2.64. The van der Waals surface area contributed by atoms with Gasteiger partial charge in [-0.2, -0.15) is 0 Å². The van der Waals surface area contributed by atoms with Gasteiger partial charge in [-0.15, -0.1) is 11.8 Å². The van der Waals surface area contributed by atoms with Crippen LogP contribution in [0, 0.1) is 6.92 Å². The maximum Gasteiger partial charge on any atom is 0.270 e. The first-order valence-electron chi connectivity index (χ1n) is 8.55. The SMILES string of the molecule is Cc1ccc(C(=O)NNC(=O)c2ccccc2SCC(=O)NC(C)C)cc1. The summed E-state index contributed by atoms with van der Waals surface area (Å²) in [6.07, 6.45) is 0. The van der Waals surface area contributed by atoms with E-state index in [0.29, 0.717) is 16.0 Å². The molecule has 7 heteroatoms. The molecule has 0 fully saturated rings. The molecular formula is C20H23N3O3S. The van der Waals surface area contributed by atoms with Gasteiger partial charge in [0.2, 0.25) is 5.91 Å². The van der Waals surface area contributed by atoms with Crippen molar-refractivity contribution in [3.8, 4) is 0 Å². The predicted molar refractivity (Wildman–Crippen MR) is 107 cm³/mol. The van der Waals surface area contributed by atoms with E-state index < -0.39 is 11.8 Å². The number of hydrogen-bond acceptors (Lipinski definition) is 4. The minimum Gasteiger partial charge on any atom is -0.353 e. The second kappa shape index (κ2) is 9.78. The van der Waals surface area contributed by atoms with Crippen molar-refractivity contribution in [2.24, 2.45) is 0 Å². The molecule has 27 heavy (non-hydrogen) atoms. The number of aryl methyl sites for hydroxylation is 1. The van der Waals surface area contributed by atoms with Gasteiger partial charge in [-0.25, -0.2) is 0 Å².